The molecule has 2 atom stereocenters. The molecule has 0 aliphatic carbocycles. The SMILES string of the molecule is COC(=O)C(N)(Cc1ccc(OC(=O)OC(C)C)c(OC(=O)OC(C)C)c1)C[C@H](C)OC(=O)CCC(C)C. The minimum absolute atomic E-state index is 0.0301. The first-order valence-electron chi connectivity index (χ1n) is 12.6. The Bertz CT molecular complexity index is 959. The van der Waals surface area contributed by atoms with Crippen molar-refractivity contribution in [2.45, 2.75) is 98.0 Å². The van der Waals surface area contributed by atoms with Crippen molar-refractivity contribution in [3.8, 4) is 11.5 Å². The van der Waals surface area contributed by atoms with Crippen molar-refractivity contribution in [1.29, 1.82) is 0 Å². The molecule has 214 valence electrons. The van der Waals surface area contributed by atoms with E-state index in [0.29, 0.717) is 17.9 Å². The fourth-order valence-corrected chi connectivity index (χ4v) is 3.48. The molecule has 11 nitrogen and oxygen atoms in total. The first-order chi connectivity index (χ1) is 17.6. The summed E-state index contributed by atoms with van der Waals surface area (Å²) in [5.74, 6) is -1.00. The second kappa shape index (κ2) is 15.2. The van der Waals surface area contributed by atoms with Gasteiger partial charge in [-0.1, -0.05) is 19.9 Å². The number of ether oxygens (including phenoxy) is 6. The van der Waals surface area contributed by atoms with Crippen LogP contribution >= 0.6 is 0 Å². The molecule has 0 heterocycles. The van der Waals surface area contributed by atoms with Gasteiger partial charge in [0.1, 0.15) is 11.6 Å². The summed E-state index contributed by atoms with van der Waals surface area (Å²) in [5.41, 5.74) is 5.34. The highest BCUT2D eigenvalue weighted by atomic mass is 16.7. The zero-order chi connectivity index (χ0) is 29.0. The van der Waals surface area contributed by atoms with E-state index < -0.39 is 42.1 Å². The molecule has 38 heavy (non-hydrogen) atoms. The Hall–Kier alpha value is -3.34. The largest absolute Gasteiger partial charge is 0.514 e. The van der Waals surface area contributed by atoms with E-state index in [-0.39, 0.29) is 36.7 Å². The molecule has 0 bridgehead atoms. The van der Waals surface area contributed by atoms with Gasteiger partial charge in [0.25, 0.3) is 0 Å². The first kappa shape index (κ1) is 32.7. The number of methoxy groups -OCH3 is 1. The van der Waals surface area contributed by atoms with Crippen LogP contribution in [0.1, 0.15) is 73.3 Å². The third-order valence-corrected chi connectivity index (χ3v) is 5.08. The Labute approximate surface area is 224 Å². The van der Waals surface area contributed by atoms with Gasteiger partial charge in [0.05, 0.1) is 19.3 Å². The highest BCUT2D eigenvalue weighted by Gasteiger charge is 2.38. The van der Waals surface area contributed by atoms with Gasteiger partial charge < -0.3 is 34.2 Å². The smallest absolute Gasteiger partial charge is 0.468 e. The van der Waals surface area contributed by atoms with E-state index in [0.717, 1.165) is 0 Å². The van der Waals surface area contributed by atoms with E-state index in [1.807, 2.05) is 13.8 Å². The Morgan fingerprint density at radius 3 is 1.89 bits per heavy atom. The molecule has 0 aromatic heterocycles. The minimum Gasteiger partial charge on any atom is -0.468 e. The lowest BCUT2D eigenvalue weighted by Crippen LogP contribution is -2.53. The normalized spacial score (nSPS) is 13.5. The predicted molar refractivity (Wildman–Crippen MR) is 138 cm³/mol. The second-order valence-corrected chi connectivity index (χ2v) is 10.1. The van der Waals surface area contributed by atoms with Gasteiger partial charge in [-0.05, 0) is 64.7 Å². The van der Waals surface area contributed by atoms with Gasteiger partial charge in [-0.15, -0.1) is 0 Å². The van der Waals surface area contributed by atoms with Gasteiger partial charge in [-0.3, -0.25) is 9.59 Å². The van der Waals surface area contributed by atoms with E-state index >= 15 is 0 Å². The number of rotatable bonds is 13. The van der Waals surface area contributed by atoms with Crippen LogP contribution in [0.2, 0.25) is 0 Å². The lowest BCUT2D eigenvalue weighted by molar-refractivity contribution is -0.155. The van der Waals surface area contributed by atoms with Gasteiger partial charge in [0.15, 0.2) is 11.5 Å². The van der Waals surface area contributed by atoms with Crippen molar-refractivity contribution in [3.05, 3.63) is 23.8 Å². The standard InChI is InChI=1S/C27H41NO10/c1-16(2)9-12-23(29)36-19(7)14-27(28,24(30)33-8)15-20-10-11-21(37-25(31)34-17(3)4)22(13-20)38-26(32)35-18(5)6/h10-11,13,16-19H,9,12,14-15,28H2,1-8H3/t19-,27?/m0/s1. The Morgan fingerprint density at radius 1 is 0.842 bits per heavy atom. The molecule has 11 heteroatoms. The summed E-state index contributed by atoms with van der Waals surface area (Å²) in [5, 5.41) is 0. The summed E-state index contributed by atoms with van der Waals surface area (Å²) >= 11 is 0. The topological polar surface area (TPSA) is 150 Å². The van der Waals surface area contributed by atoms with Gasteiger partial charge in [-0.25, -0.2) is 9.59 Å². The van der Waals surface area contributed by atoms with Crippen molar-refractivity contribution in [1.82, 2.24) is 0 Å². The molecule has 0 amide bonds. The van der Waals surface area contributed by atoms with Crippen molar-refractivity contribution < 1.29 is 47.6 Å². The van der Waals surface area contributed by atoms with E-state index in [4.69, 9.17) is 34.2 Å². The molecule has 2 N–H and O–H groups in total. The van der Waals surface area contributed by atoms with Gasteiger partial charge in [0, 0.05) is 19.3 Å². The average Bonchev–Trinajstić information content (AvgIpc) is 2.77. The maximum absolute atomic E-state index is 12.7. The van der Waals surface area contributed by atoms with Crippen LogP contribution in [0, 0.1) is 5.92 Å². The number of carbonyl (C=O) groups is 4. The van der Waals surface area contributed by atoms with Crippen molar-refractivity contribution in [2.75, 3.05) is 7.11 Å². The Balaban J connectivity index is 3.19. The fourth-order valence-electron chi connectivity index (χ4n) is 3.48. The zero-order valence-electron chi connectivity index (χ0n) is 23.5. The van der Waals surface area contributed by atoms with Gasteiger partial charge in [-0.2, -0.15) is 0 Å². The number of carbonyl (C=O) groups excluding carboxylic acids is 4. The molecule has 1 rings (SSSR count). The van der Waals surface area contributed by atoms with Crippen molar-refractivity contribution >= 4 is 24.2 Å². The van der Waals surface area contributed by atoms with Crippen LogP contribution in [-0.4, -0.2) is 55.2 Å². The molecule has 1 aromatic rings. The summed E-state index contributed by atoms with van der Waals surface area (Å²) in [7, 11) is 1.21. The van der Waals surface area contributed by atoms with Crippen LogP contribution < -0.4 is 15.2 Å². The molecular weight excluding hydrogens is 498 g/mol. The molecule has 1 unspecified atom stereocenters. The van der Waals surface area contributed by atoms with E-state index in [1.165, 1.54) is 19.2 Å². The third kappa shape index (κ3) is 11.8. The van der Waals surface area contributed by atoms with Crippen LogP contribution in [0.3, 0.4) is 0 Å². The summed E-state index contributed by atoms with van der Waals surface area (Å²) in [6.45, 7) is 12.2. The maximum atomic E-state index is 12.7. The lowest BCUT2D eigenvalue weighted by atomic mass is 9.86. The van der Waals surface area contributed by atoms with Crippen molar-refractivity contribution in [2.24, 2.45) is 11.7 Å². The highest BCUT2D eigenvalue weighted by Crippen LogP contribution is 2.32. The fraction of sp³-hybridized carbons (Fsp3) is 0.630. The van der Waals surface area contributed by atoms with Crippen LogP contribution in [-0.2, 0) is 35.0 Å². The lowest BCUT2D eigenvalue weighted by Gasteiger charge is -2.29. The third-order valence-electron chi connectivity index (χ3n) is 5.08. The molecule has 0 saturated heterocycles. The minimum atomic E-state index is -1.58. The molecule has 0 saturated carbocycles. The number of esters is 2. The molecule has 0 aliphatic heterocycles. The van der Waals surface area contributed by atoms with Gasteiger partial charge in [0.2, 0.25) is 0 Å². The zero-order valence-corrected chi connectivity index (χ0v) is 23.5. The molecule has 1 aromatic carbocycles. The quantitative estimate of drug-likeness (QED) is 0.211. The molecule has 0 spiro atoms. The molecule has 0 radical (unpaired) electrons. The van der Waals surface area contributed by atoms with Crippen LogP contribution in [0.4, 0.5) is 9.59 Å². The van der Waals surface area contributed by atoms with E-state index in [2.05, 4.69) is 0 Å². The van der Waals surface area contributed by atoms with Crippen LogP contribution in [0.25, 0.3) is 0 Å². The van der Waals surface area contributed by atoms with E-state index in [9.17, 15) is 19.2 Å². The van der Waals surface area contributed by atoms with Crippen LogP contribution in [0.15, 0.2) is 18.2 Å². The summed E-state index contributed by atoms with van der Waals surface area (Å²) in [4.78, 5) is 49.1. The summed E-state index contributed by atoms with van der Waals surface area (Å²) in [6.07, 6.45) is -2.75. The summed E-state index contributed by atoms with van der Waals surface area (Å²) in [6, 6.07) is 4.31. The van der Waals surface area contributed by atoms with E-state index in [1.54, 1.807) is 40.7 Å². The van der Waals surface area contributed by atoms with Gasteiger partial charge >= 0.3 is 24.2 Å². The van der Waals surface area contributed by atoms with Crippen LogP contribution in [0.5, 0.6) is 11.5 Å². The molecular formula is C27H41NO10. The first-order valence-corrected chi connectivity index (χ1v) is 12.6. The number of hydrogen-bond acceptors (Lipinski definition) is 11. The molecule has 0 aliphatic rings. The Kier molecular flexibility index (Phi) is 13.0. The number of benzene rings is 1. The number of nitrogens with two attached hydrogens (primary N) is 1. The van der Waals surface area contributed by atoms with Crippen molar-refractivity contribution in [3.63, 3.8) is 0 Å². The maximum Gasteiger partial charge on any atom is 0.514 e. The highest BCUT2D eigenvalue weighted by molar-refractivity contribution is 5.81. The number of hydrogen-bond donors (Lipinski definition) is 1. The monoisotopic (exact) mass is 539 g/mol. The molecule has 0 fully saturated rings. The average molecular weight is 540 g/mol. The summed E-state index contributed by atoms with van der Waals surface area (Å²) < 4.78 is 30.8. The second-order valence-electron chi connectivity index (χ2n) is 10.1. The predicted octanol–water partition coefficient (Wildman–Crippen LogP) is 4.71. The Morgan fingerprint density at radius 2 is 1.39 bits per heavy atom.